The molecule has 0 spiro atoms. The van der Waals surface area contributed by atoms with Crippen LogP contribution in [-0.4, -0.2) is 45.0 Å². The molecule has 0 aliphatic rings. The molecule has 1 N–H and O–H groups in total. The number of hydrogen-bond acceptors (Lipinski definition) is 6. The van der Waals surface area contributed by atoms with Gasteiger partial charge in [-0.1, -0.05) is 18.2 Å². The van der Waals surface area contributed by atoms with Crippen LogP contribution in [0, 0.1) is 0 Å². The second kappa shape index (κ2) is 12.5. The lowest BCUT2D eigenvalue weighted by molar-refractivity contribution is -0.141. The van der Waals surface area contributed by atoms with E-state index in [1.807, 2.05) is 37.3 Å². The van der Waals surface area contributed by atoms with E-state index >= 15 is 0 Å². The topological polar surface area (TPSA) is 83.1 Å². The second-order valence-corrected chi connectivity index (χ2v) is 6.21. The van der Waals surface area contributed by atoms with Gasteiger partial charge in [0, 0.05) is 18.6 Å². The van der Waals surface area contributed by atoms with Crippen LogP contribution in [0.4, 0.5) is 0 Å². The highest BCUT2D eigenvalue weighted by atomic mass is 16.7. The maximum absolute atomic E-state index is 12.6. The summed E-state index contributed by atoms with van der Waals surface area (Å²) in [5, 5.41) is 2.89. The van der Waals surface area contributed by atoms with E-state index in [1.54, 1.807) is 24.3 Å². The summed E-state index contributed by atoms with van der Waals surface area (Å²) in [5.41, 5.74) is 0.485. The summed E-state index contributed by atoms with van der Waals surface area (Å²) in [4.78, 5) is 24.0. The molecule has 0 saturated heterocycles. The molecule has 0 unspecified atom stereocenters. The molecule has 0 aromatic heterocycles. The third-order valence-electron chi connectivity index (χ3n) is 4.05. The first kappa shape index (κ1) is 22.4. The van der Waals surface area contributed by atoms with Crippen LogP contribution in [0.2, 0.25) is 0 Å². The van der Waals surface area contributed by atoms with Crippen molar-refractivity contribution in [3.05, 3.63) is 60.2 Å². The number of carbonyl (C=O) groups excluding carboxylic acids is 2. The minimum absolute atomic E-state index is 0.132. The quantitative estimate of drug-likeness (QED) is 0.333. The highest BCUT2D eigenvalue weighted by Crippen LogP contribution is 2.21. The molecule has 7 heteroatoms. The minimum atomic E-state index is -0.345. The maximum Gasteiger partial charge on any atom is 0.305 e. The van der Waals surface area contributed by atoms with Gasteiger partial charge in [-0.25, -0.2) is 0 Å². The van der Waals surface area contributed by atoms with Crippen LogP contribution in [0.5, 0.6) is 11.5 Å². The molecule has 0 heterocycles. The van der Waals surface area contributed by atoms with E-state index < -0.39 is 0 Å². The van der Waals surface area contributed by atoms with Gasteiger partial charge in [0.1, 0.15) is 18.3 Å². The molecule has 1 atom stereocenters. The van der Waals surface area contributed by atoms with Gasteiger partial charge in [0.2, 0.25) is 0 Å². The zero-order chi connectivity index (χ0) is 20.9. The summed E-state index contributed by atoms with van der Waals surface area (Å²) in [6, 6.07) is 15.9. The highest BCUT2D eigenvalue weighted by Gasteiger charge is 2.16. The molecule has 0 fully saturated rings. The Labute approximate surface area is 170 Å². The molecule has 1 amide bonds. The molecule has 2 aromatic carbocycles. The van der Waals surface area contributed by atoms with Crippen LogP contribution in [0.3, 0.4) is 0 Å². The Bertz CT molecular complexity index is 748. The average molecular weight is 401 g/mol. The van der Waals surface area contributed by atoms with E-state index in [4.69, 9.17) is 14.2 Å². The number of hydrogen-bond donors (Lipinski definition) is 1. The summed E-state index contributed by atoms with van der Waals surface area (Å²) >= 11 is 0. The third kappa shape index (κ3) is 8.33. The molecule has 0 saturated carbocycles. The highest BCUT2D eigenvalue weighted by molar-refractivity contribution is 5.94. The van der Waals surface area contributed by atoms with Gasteiger partial charge in [-0.15, -0.1) is 0 Å². The van der Waals surface area contributed by atoms with Crippen molar-refractivity contribution in [2.24, 2.45) is 0 Å². The maximum atomic E-state index is 12.6. The number of esters is 1. The van der Waals surface area contributed by atoms with Gasteiger partial charge in [-0.3, -0.25) is 9.59 Å². The SMILES string of the molecule is CCOCOC[C@H](CCC(=O)OC)NC(=O)c1ccc(Oc2ccccc2)cc1. The van der Waals surface area contributed by atoms with E-state index in [-0.39, 0.29) is 37.7 Å². The lowest BCUT2D eigenvalue weighted by atomic mass is 10.1. The molecular weight excluding hydrogens is 374 g/mol. The average Bonchev–Trinajstić information content (AvgIpc) is 2.75. The van der Waals surface area contributed by atoms with Gasteiger partial charge in [-0.05, 0) is 49.7 Å². The van der Waals surface area contributed by atoms with Crippen LogP contribution in [0.15, 0.2) is 54.6 Å². The second-order valence-electron chi connectivity index (χ2n) is 6.21. The first-order valence-corrected chi connectivity index (χ1v) is 9.48. The van der Waals surface area contributed by atoms with Gasteiger partial charge >= 0.3 is 5.97 Å². The van der Waals surface area contributed by atoms with Crippen molar-refractivity contribution in [3.8, 4) is 11.5 Å². The first-order chi connectivity index (χ1) is 14.1. The Morgan fingerprint density at radius 2 is 1.66 bits per heavy atom. The number of carbonyl (C=O) groups is 2. The summed E-state index contributed by atoms with van der Waals surface area (Å²) < 4.78 is 21.0. The molecule has 0 aliphatic heterocycles. The zero-order valence-corrected chi connectivity index (χ0v) is 16.8. The number of benzene rings is 2. The summed E-state index contributed by atoms with van der Waals surface area (Å²) in [6.45, 7) is 2.77. The van der Waals surface area contributed by atoms with Gasteiger partial charge in [0.05, 0.1) is 19.8 Å². The van der Waals surface area contributed by atoms with Gasteiger partial charge in [-0.2, -0.15) is 0 Å². The normalized spacial score (nSPS) is 11.5. The van der Waals surface area contributed by atoms with Crippen molar-refractivity contribution >= 4 is 11.9 Å². The van der Waals surface area contributed by atoms with Gasteiger partial charge < -0.3 is 24.3 Å². The lowest BCUT2D eigenvalue weighted by Gasteiger charge is -2.18. The fourth-order valence-electron chi connectivity index (χ4n) is 2.49. The Balaban J connectivity index is 1.92. The monoisotopic (exact) mass is 401 g/mol. The molecule has 2 rings (SSSR count). The summed E-state index contributed by atoms with van der Waals surface area (Å²) in [5.74, 6) is 0.761. The summed E-state index contributed by atoms with van der Waals surface area (Å²) in [7, 11) is 1.33. The molecular formula is C22H27NO6. The molecule has 0 bridgehead atoms. The fraction of sp³-hybridized carbons (Fsp3) is 0.364. The van der Waals surface area contributed by atoms with Crippen LogP contribution in [0.25, 0.3) is 0 Å². The van der Waals surface area contributed by atoms with E-state index in [0.717, 1.165) is 5.75 Å². The Morgan fingerprint density at radius 3 is 2.31 bits per heavy atom. The van der Waals surface area contributed by atoms with Crippen molar-refractivity contribution < 1.29 is 28.5 Å². The number of ether oxygens (including phenoxy) is 4. The predicted octanol–water partition coefficient (Wildman–Crippen LogP) is 3.54. The molecule has 0 radical (unpaired) electrons. The molecule has 29 heavy (non-hydrogen) atoms. The number of amides is 1. The summed E-state index contributed by atoms with van der Waals surface area (Å²) in [6.07, 6.45) is 0.586. The first-order valence-electron chi connectivity index (χ1n) is 9.48. The van der Waals surface area contributed by atoms with E-state index in [2.05, 4.69) is 10.1 Å². The van der Waals surface area contributed by atoms with E-state index in [0.29, 0.717) is 24.3 Å². The van der Waals surface area contributed by atoms with Gasteiger partial charge in [0.25, 0.3) is 5.91 Å². The molecule has 2 aromatic rings. The van der Waals surface area contributed by atoms with Crippen molar-refractivity contribution in [1.29, 1.82) is 0 Å². The standard InChI is InChI=1S/C22H27NO6/c1-3-27-16-28-15-18(11-14-21(24)26-2)23-22(25)17-9-12-20(13-10-17)29-19-7-5-4-6-8-19/h4-10,12-13,18H,3,11,14-16H2,1-2H3,(H,23,25)/t18-/m0/s1. The zero-order valence-electron chi connectivity index (χ0n) is 16.8. The van der Waals surface area contributed by atoms with Crippen LogP contribution in [0.1, 0.15) is 30.1 Å². The number of rotatable bonds is 12. The number of methoxy groups -OCH3 is 1. The predicted molar refractivity (Wildman–Crippen MR) is 108 cm³/mol. The van der Waals surface area contributed by atoms with Crippen molar-refractivity contribution in [1.82, 2.24) is 5.32 Å². The Morgan fingerprint density at radius 1 is 0.966 bits per heavy atom. The van der Waals surface area contributed by atoms with Crippen LogP contribution in [-0.2, 0) is 19.0 Å². The van der Waals surface area contributed by atoms with E-state index in [9.17, 15) is 9.59 Å². The van der Waals surface area contributed by atoms with Crippen LogP contribution < -0.4 is 10.1 Å². The molecule has 0 aliphatic carbocycles. The van der Waals surface area contributed by atoms with Crippen molar-refractivity contribution in [3.63, 3.8) is 0 Å². The van der Waals surface area contributed by atoms with Crippen molar-refractivity contribution in [2.45, 2.75) is 25.8 Å². The Hall–Kier alpha value is -2.90. The number of para-hydroxylation sites is 1. The van der Waals surface area contributed by atoms with Crippen molar-refractivity contribution in [2.75, 3.05) is 27.1 Å². The largest absolute Gasteiger partial charge is 0.469 e. The Kier molecular flexibility index (Phi) is 9.68. The molecule has 7 nitrogen and oxygen atoms in total. The molecule has 156 valence electrons. The minimum Gasteiger partial charge on any atom is -0.469 e. The fourth-order valence-corrected chi connectivity index (χ4v) is 2.49. The lowest BCUT2D eigenvalue weighted by Crippen LogP contribution is -2.39. The van der Waals surface area contributed by atoms with Crippen LogP contribution >= 0.6 is 0 Å². The van der Waals surface area contributed by atoms with E-state index in [1.165, 1.54) is 7.11 Å². The third-order valence-corrected chi connectivity index (χ3v) is 4.05. The number of nitrogens with one attached hydrogen (secondary N) is 1. The van der Waals surface area contributed by atoms with Gasteiger partial charge in [0.15, 0.2) is 0 Å². The smallest absolute Gasteiger partial charge is 0.305 e.